The number of halogens is 1. The fourth-order valence-electron chi connectivity index (χ4n) is 2.51. The van der Waals surface area contributed by atoms with E-state index in [0.29, 0.717) is 25.1 Å². The zero-order valence-corrected chi connectivity index (χ0v) is 14.1. The van der Waals surface area contributed by atoms with E-state index >= 15 is 0 Å². The van der Waals surface area contributed by atoms with E-state index in [9.17, 15) is 4.79 Å². The van der Waals surface area contributed by atoms with Crippen LogP contribution in [0.5, 0.6) is 5.88 Å². The Labute approximate surface area is 138 Å². The fraction of sp³-hybridized carbons (Fsp3) is 0.625. The number of nitrogens with zero attached hydrogens (tertiary/aromatic N) is 1. The summed E-state index contributed by atoms with van der Waals surface area (Å²) in [6, 6.07) is 4.22. The van der Waals surface area contributed by atoms with Gasteiger partial charge in [0.25, 0.3) is 0 Å². The Morgan fingerprint density at radius 2 is 2.32 bits per heavy atom. The Bertz CT molecular complexity index is 453. The lowest BCUT2D eigenvalue weighted by Crippen LogP contribution is -2.42. The van der Waals surface area contributed by atoms with Crippen molar-refractivity contribution in [3.63, 3.8) is 0 Å². The van der Waals surface area contributed by atoms with Gasteiger partial charge in [-0.3, -0.25) is 4.79 Å². The normalized spacial score (nSPS) is 20.8. The highest BCUT2D eigenvalue weighted by molar-refractivity contribution is 5.85. The molecule has 1 fully saturated rings. The fourth-order valence-corrected chi connectivity index (χ4v) is 2.51. The summed E-state index contributed by atoms with van der Waals surface area (Å²) >= 11 is 0. The Morgan fingerprint density at radius 3 is 2.95 bits per heavy atom. The first kappa shape index (κ1) is 18.7. The van der Waals surface area contributed by atoms with Crippen molar-refractivity contribution in [1.82, 2.24) is 15.6 Å². The van der Waals surface area contributed by atoms with Crippen molar-refractivity contribution >= 4 is 18.3 Å². The van der Waals surface area contributed by atoms with Crippen LogP contribution in [0.25, 0.3) is 0 Å². The zero-order chi connectivity index (χ0) is 15.1. The molecule has 5 nitrogen and oxygen atoms in total. The largest absolute Gasteiger partial charge is 0.478 e. The molecule has 0 aromatic carbocycles. The Morgan fingerprint density at radius 1 is 1.50 bits per heavy atom. The average Bonchev–Trinajstić information content (AvgIpc) is 2.51. The van der Waals surface area contributed by atoms with E-state index < -0.39 is 0 Å². The first-order chi connectivity index (χ1) is 10.2. The van der Waals surface area contributed by atoms with E-state index in [0.717, 1.165) is 31.4 Å². The second-order valence-corrected chi connectivity index (χ2v) is 5.65. The maximum atomic E-state index is 12.1. The summed E-state index contributed by atoms with van der Waals surface area (Å²) in [5.74, 6) is 0.912. The number of carbonyl (C=O) groups is 1. The number of piperidine rings is 1. The molecular weight excluding hydrogens is 302 g/mol. The van der Waals surface area contributed by atoms with Gasteiger partial charge in [0, 0.05) is 30.8 Å². The van der Waals surface area contributed by atoms with Crippen LogP contribution < -0.4 is 15.4 Å². The molecule has 0 aliphatic carbocycles. The quantitative estimate of drug-likeness (QED) is 0.841. The van der Waals surface area contributed by atoms with Crippen LogP contribution in [0.15, 0.2) is 18.3 Å². The lowest BCUT2D eigenvalue weighted by Gasteiger charge is -2.27. The highest BCUT2D eigenvalue weighted by atomic mass is 35.5. The van der Waals surface area contributed by atoms with E-state index in [1.54, 1.807) is 6.20 Å². The maximum Gasteiger partial charge on any atom is 0.223 e. The number of carbonyl (C=O) groups excluding carboxylic acids is 1. The molecule has 2 heterocycles. The van der Waals surface area contributed by atoms with Gasteiger partial charge in [0.05, 0.1) is 6.61 Å². The third-order valence-corrected chi connectivity index (χ3v) is 3.71. The molecule has 0 saturated carbocycles. The molecule has 0 radical (unpaired) electrons. The van der Waals surface area contributed by atoms with Crippen molar-refractivity contribution in [2.24, 2.45) is 5.92 Å². The maximum absolute atomic E-state index is 12.1. The molecule has 0 unspecified atom stereocenters. The number of rotatable bonds is 6. The van der Waals surface area contributed by atoms with Crippen LogP contribution in [0.2, 0.25) is 0 Å². The van der Waals surface area contributed by atoms with Crippen LogP contribution >= 0.6 is 12.4 Å². The van der Waals surface area contributed by atoms with Gasteiger partial charge < -0.3 is 15.4 Å². The molecular formula is C16H26ClN3O2. The number of pyridine rings is 1. The van der Waals surface area contributed by atoms with Crippen molar-refractivity contribution in [1.29, 1.82) is 0 Å². The highest BCUT2D eigenvalue weighted by Gasteiger charge is 2.24. The van der Waals surface area contributed by atoms with E-state index in [-0.39, 0.29) is 24.2 Å². The lowest BCUT2D eigenvalue weighted by atomic mass is 9.92. The third kappa shape index (κ3) is 5.81. The molecule has 6 heteroatoms. The molecule has 2 N–H and O–H groups in total. The minimum Gasteiger partial charge on any atom is -0.478 e. The van der Waals surface area contributed by atoms with Crippen molar-refractivity contribution in [2.75, 3.05) is 13.2 Å². The van der Waals surface area contributed by atoms with Gasteiger partial charge in [-0.2, -0.15) is 0 Å². The lowest BCUT2D eigenvalue weighted by molar-refractivity contribution is -0.126. The van der Waals surface area contributed by atoms with Gasteiger partial charge in [-0.15, -0.1) is 12.4 Å². The molecule has 1 amide bonds. The molecule has 0 spiro atoms. The van der Waals surface area contributed by atoms with Crippen LogP contribution in [-0.4, -0.2) is 30.1 Å². The van der Waals surface area contributed by atoms with E-state index in [4.69, 9.17) is 4.74 Å². The van der Waals surface area contributed by atoms with E-state index in [1.165, 1.54) is 0 Å². The van der Waals surface area contributed by atoms with Gasteiger partial charge in [0.2, 0.25) is 11.8 Å². The van der Waals surface area contributed by atoms with E-state index in [2.05, 4.69) is 29.5 Å². The molecule has 124 valence electrons. The van der Waals surface area contributed by atoms with Crippen molar-refractivity contribution < 1.29 is 9.53 Å². The number of hydrogen-bond donors (Lipinski definition) is 2. The Hall–Kier alpha value is -1.33. The van der Waals surface area contributed by atoms with Gasteiger partial charge in [0.15, 0.2) is 0 Å². The first-order valence-corrected chi connectivity index (χ1v) is 7.78. The van der Waals surface area contributed by atoms with Crippen LogP contribution in [0.3, 0.4) is 0 Å². The molecule has 2 rings (SSSR count). The molecule has 22 heavy (non-hydrogen) atoms. The average molecular weight is 328 g/mol. The third-order valence-electron chi connectivity index (χ3n) is 3.71. The monoisotopic (exact) mass is 327 g/mol. The van der Waals surface area contributed by atoms with Gasteiger partial charge >= 0.3 is 0 Å². The van der Waals surface area contributed by atoms with Gasteiger partial charge in [-0.05, 0) is 38.3 Å². The second-order valence-electron chi connectivity index (χ2n) is 5.65. The first-order valence-electron chi connectivity index (χ1n) is 7.78. The van der Waals surface area contributed by atoms with Gasteiger partial charge in [-0.25, -0.2) is 4.98 Å². The Balaban J connectivity index is 0.00000242. The topological polar surface area (TPSA) is 63.2 Å². The SMILES string of the molecule is CCCOc1ccc(CNC(=O)[C@H]2CCN[C@@H](C)C2)cn1.Cl. The predicted octanol–water partition coefficient (Wildman–Crippen LogP) is 2.30. The van der Waals surface area contributed by atoms with E-state index in [1.807, 2.05) is 12.1 Å². The van der Waals surface area contributed by atoms with Crippen LogP contribution in [0, 0.1) is 5.92 Å². The smallest absolute Gasteiger partial charge is 0.223 e. The number of hydrogen-bond acceptors (Lipinski definition) is 4. The number of aromatic nitrogens is 1. The Kier molecular flexibility index (Phi) is 8.20. The number of nitrogens with one attached hydrogen (secondary N) is 2. The summed E-state index contributed by atoms with van der Waals surface area (Å²) in [5.41, 5.74) is 0.995. The predicted molar refractivity (Wildman–Crippen MR) is 89.3 cm³/mol. The molecule has 1 aromatic heterocycles. The van der Waals surface area contributed by atoms with Gasteiger partial charge in [0.1, 0.15) is 0 Å². The molecule has 1 aliphatic heterocycles. The molecule has 1 saturated heterocycles. The van der Waals surface area contributed by atoms with Gasteiger partial charge in [-0.1, -0.05) is 13.0 Å². The van der Waals surface area contributed by atoms with Crippen LogP contribution in [-0.2, 0) is 11.3 Å². The standard InChI is InChI=1S/C16H25N3O2.ClH/c1-3-8-21-15-5-4-13(10-18-15)11-19-16(20)14-6-7-17-12(2)9-14;/h4-5,10,12,14,17H,3,6-9,11H2,1-2H3,(H,19,20);1H/t12-,14-;/m0./s1. The summed E-state index contributed by atoms with van der Waals surface area (Å²) in [6.07, 6.45) is 4.55. The molecule has 1 aliphatic rings. The summed E-state index contributed by atoms with van der Waals surface area (Å²) in [6.45, 7) is 6.31. The van der Waals surface area contributed by atoms with Crippen molar-refractivity contribution in [3.05, 3.63) is 23.9 Å². The summed E-state index contributed by atoms with van der Waals surface area (Å²) in [4.78, 5) is 16.4. The highest BCUT2D eigenvalue weighted by Crippen LogP contribution is 2.16. The second kappa shape index (κ2) is 9.64. The summed E-state index contributed by atoms with van der Waals surface area (Å²) in [5, 5.41) is 6.36. The molecule has 0 bridgehead atoms. The van der Waals surface area contributed by atoms with Crippen LogP contribution in [0.1, 0.15) is 38.7 Å². The zero-order valence-electron chi connectivity index (χ0n) is 13.3. The number of amides is 1. The van der Waals surface area contributed by atoms with Crippen LogP contribution in [0.4, 0.5) is 0 Å². The molecule has 2 atom stereocenters. The van der Waals surface area contributed by atoms with Crippen molar-refractivity contribution in [3.8, 4) is 5.88 Å². The minimum atomic E-state index is 0. The number of ether oxygens (including phenoxy) is 1. The minimum absolute atomic E-state index is 0. The molecule has 1 aromatic rings. The van der Waals surface area contributed by atoms with Crippen molar-refractivity contribution in [2.45, 2.75) is 45.7 Å². The summed E-state index contributed by atoms with van der Waals surface area (Å²) < 4.78 is 5.44. The summed E-state index contributed by atoms with van der Waals surface area (Å²) in [7, 11) is 0.